The minimum atomic E-state index is -0.00515. The van der Waals surface area contributed by atoms with Crippen molar-refractivity contribution in [2.75, 3.05) is 19.8 Å². The van der Waals surface area contributed by atoms with Crippen LogP contribution >= 0.6 is 23.2 Å². The van der Waals surface area contributed by atoms with Crippen molar-refractivity contribution < 1.29 is 9.53 Å². The van der Waals surface area contributed by atoms with Gasteiger partial charge in [-0.15, -0.1) is 0 Å². The quantitative estimate of drug-likeness (QED) is 0.928. The zero-order chi connectivity index (χ0) is 13.7. The molecule has 0 saturated carbocycles. The summed E-state index contributed by atoms with van der Waals surface area (Å²) in [6, 6.07) is 5.41. The molecule has 1 unspecified atom stereocenters. The van der Waals surface area contributed by atoms with E-state index in [1.807, 2.05) is 6.07 Å². The van der Waals surface area contributed by atoms with E-state index in [9.17, 15) is 4.79 Å². The summed E-state index contributed by atoms with van der Waals surface area (Å²) in [5, 5.41) is 4.20. The van der Waals surface area contributed by atoms with Gasteiger partial charge in [-0.05, 0) is 37.0 Å². The molecule has 1 N–H and O–H groups in total. The summed E-state index contributed by atoms with van der Waals surface area (Å²) in [6.45, 7) is 1.88. The fourth-order valence-corrected chi connectivity index (χ4v) is 2.64. The molecule has 0 spiro atoms. The van der Waals surface area contributed by atoms with Crippen LogP contribution in [0.15, 0.2) is 18.2 Å². The number of hydrogen-bond acceptors (Lipinski definition) is 2. The Bertz CT molecular complexity index is 445. The Morgan fingerprint density at radius 2 is 2.26 bits per heavy atom. The predicted octanol–water partition coefficient (Wildman–Crippen LogP) is 3.08. The number of halogens is 2. The molecule has 1 aromatic carbocycles. The molecule has 0 bridgehead atoms. The molecule has 0 radical (unpaired) electrons. The van der Waals surface area contributed by atoms with Crippen LogP contribution in [0.3, 0.4) is 0 Å². The van der Waals surface area contributed by atoms with Gasteiger partial charge in [0.25, 0.3) is 0 Å². The van der Waals surface area contributed by atoms with Crippen molar-refractivity contribution in [3.8, 4) is 0 Å². The summed E-state index contributed by atoms with van der Waals surface area (Å²) >= 11 is 11.9. The SMILES string of the molecule is O=C(NCCc1ccc(Cl)cc1Cl)C1CCCOC1. The molecule has 1 atom stereocenters. The monoisotopic (exact) mass is 301 g/mol. The Labute approximate surface area is 123 Å². The lowest BCUT2D eigenvalue weighted by Gasteiger charge is -2.21. The maximum atomic E-state index is 11.9. The van der Waals surface area contributed by atoms with Crippen molar-refractivity contribution in [2.24, 2.45) is 5.92 Å². The second-order valence-corrected chi connectivity index (χ2v) is 5.53. The van der Waals surface area contributed by atoms with Crippen molar-refractivity contribution in [3.05, 3.63) is 33.8 Å². The van der Waals surface area contributed by atoms with Crippen molar-refractivity contribution in [1.29, 1.82) is 0 Å². The Hall–Kier alpha value is -0.770. The first-order valence-corrected chi connectivity index (χ1v) is 7.22. The molecule has 2 rings (SSSR count). The van der Waals surface area contributed by atoms with Crippen molar-refractivity contribution in [3.63, 3.8) is 0 Å². The minimum Gasteiger partial charge on any atom is -0.381 e. The first-order chi connectivity index (χ1) is 9.16. The third-order valence-electron chi connectivity index (χ3n) is 3.24. The van der Waals surface area contributed by atoms with Crippen LogP contribution in [0.4, 0.5) is 0 Å². The highest BCUT2D eigenvalue weighted by molar-refractivity contribution is 6.35. The van der Waals surface area contributed by atoms with E-state index in [0.29, 0.717) is 29.6 Å². The largest absolute Gasteiger partial charge is 0.381 e. The second-order valence-electron chi connectivity index (χ2n) is 4.69. The molecule has 1 heterocycles. The van der Waals surface area contributed by atoms with Crippen molar-refractivity contribution in [2.45, 2.75) is 19.3 Å². The lowest BCUT2D eigenvalue weighted by Crippen LogP contribution is -2.36. The highest BCUT2D eigenvalue weighted by Gasteiger charge is 2.21. The van der Waals surface area contributed by atoms with E-state index in [0.717, 1.165) is 25.0 Å². The highest BCUT2D eigenvalue weighted by atomic mass is 35.5. The molecule has 1 amide bonds. The van der Waals surface area contributed by atoms with Crippen LogP contribution in [-0.4, -0.2) is 25.7 Å². The van der Waals surface area contributed by atoms with Crippen LogP contribution in [0.1, 0.15) is 18.4 Å². The summed E-state index contributed by atoms with van der Waals surface area (Å²) in [4.78, 5) is 11.9. The average molecular weight is 302 g/mol. The van der Waals surface area contributed by atoms with Crippen LogP contribution in [-0.2, 0) is 16.0 Å². The summed E-state index contributed by atoms with van der Waals surface area (Å²) in [5.41, 5.74) is 0.992. The second kappa shape index (κ2) is 7.13. The topological polar surface area (TPSA) is 38.3 Å². The number of carbonyl (C=O) groups excluding carboxylic acids is 1. The number of benzene rings is 1. The fraction of sp³-hybridized carbons (Fsp3) is 0.500. The van der Waals surface area contributed by atoms with Gasteiger partial charge in [0.15, 0.2) is 0 Å². The molecule has 5 heteroatoms. The van der Waals surface area contributed by atoms with Crippen molar-refractivity contribution in [1.82, 2.24) is 5.32 Å². The molecular weight excluding hydrogens is 285 g/mol. The molecule has 1 saturated heterocycles. The van der Waals surface area contributed by atoms with E-state index < -0.39 is 0 Å². The Kier molecular flexibility index (Phi) is 5.49. The molecule has 0 aliphatic carbocycles. The number of amides is 1. The highest BCUT2D eigenvalue weighted by Crippen LogP contribution is 2.21. The van der Waals surface area contributed by atoms with Crippen LogP contribution in [0.5, 0.6) is 0 Å². The molecule has 0 aromatic heterocycles. The van der Waals surface area contributed by atoms with E-state index >= 15 is 0 Å². The summed E-state index contributed by atoms with van der Waals surface area (Å²) in [7, 11) is 0. The first-order valence-electron chi connectivity index (χ1n) is 6.46. The molecule has 3 nitrogen and oxygen atoms in total. The zero-order valence-corrected chi connectivity index (χ0v) is 12.1. The van der Waals surface area contributed by atoms with E-state index in [-0.39, 0.29) is 11.8 Å². The molecule has 1 fully saturated rings. The van der Waals surface area contributed by atoms with Crippen LogP contribution in [0.25, 0.3) is 0 Å². The molecule has 1 aromatic rings. The van der Waals surface area contributed by atoms with Crippen LogP contribution in [0.2, 0.25) is 10.0 Å². The Morgan fingerprint density at radius 3 is 2.95 bits per heavy atom. The number of carbonyl (C=O) groups is 1. The number of hydrogen-bond donors (Lipinski definition) is 1. The summed E-state index contributed by atoms with van der Waals surface area (Å²) in [6.07, 6.45) is 2.57. The Balaban J connectivity index is 1.78. The summed E-state index contributed by atoms with van der Waals surface area (Å²) in [5.74, 6) is 0.0687. The average Bonchev–Trinajstić information content (AvgIpc) is 2.42. The van der Waals surface area contributed by atoms with Gasteiger partial charge in [0.1, 0.15) is 0 Å². The molecular formula is C14H17Cl2NO2. The van der Waals surface area contributed by atoms with Gasteiger partial charge < -0.3 is 10.1 Å². The van der Waals surface area contributed by atoms with Gasteiger partial charge in [0.2, 0.25) is 5.91 Å². The van der Waals surface area contributed by atoms with Gasteiger partial charge in [-0.1, -0.05) is 29.3 Å². The van der Waals surface area contributed by atoms with E-state index in [2.05, 4.69) is 5.32 Å². The lowest BCUT2D eigenvalue weighted by molar-refractivity contribution is -0.128. The Morgan fingerprint density at radius 1 is 1.42 bits per heavy atom. The lowest BCUT2D eigenvalue weighted by atomic mass is 10.0. The number of nitrogens with one attached hydrogen (secondary N) is 1. The third kappa shape index (κ3) is 4.37. The molecule has 1 aliphatic rings. The maximum absolute atomic E-state index is 11.9. The van der Waals surface area contributed by atoms with Gasteiger partial charge >= 0.3 is 0 Å². The third-order valence-corrected chi connectivity index (χ3v) is 3.83. The molecule has 1 aliphatic heterocycles. The van der Waals surface area contributed by atoms with Gasteiger partial charge in [-0.3, -0.25) is 4.79 Å². The predicted molar refractivity (Wildman–Crippen MR) is 76.7 cm³/mol. The van der Waals surface area contributed by atoms with Crippen molar-refractivity contribution >= 4 is 29.1 Å². The first kappa shape index (κ1) is 14.6. The smallest absolute Gasteiger partial charge is 0.225 e. The minimum absolute atomic E-state index is 0.00515. The zero-order valence-electron chi connectivity index (χ0n) is 10.6. The fourth-order valence-electron chi connectivity index (χ4n) is 2.14. The van der Waals surface area contributed by atoms with Gasteiger partial charge in [-0.2, -0.15) is 0 Å². The molecule has 104 valence electrons. The maximum Gasteiger partial charge on any atom is 0.225 e. The van der Waals surface area contributed by atoms with E-state index in [4.69, 9.17) is 27.9 Å². The van der Waals surface area contributed by atoms with Gasteiger partial charge in [0.05, 0.1) is 12.5 Å². The number of ether oxygens (including phenoxy) is 1. The van der Waals surface area contributed by atoms with Crippen LogP contribution < -0.4 is 5.32 Å². The normalized spacial score (nSPS) is 19.2. The van der Waals surface area contributed by atoms with Gasteiger partial charge in [0, 0.05) is 23.2 Å². The standard InChI is InChI=1S/C14H17Cl2NO2/c15-12-4-3-10(13(16)8-12)5-6-17-14(18)11-2-1-7-19-9-11/h3-4,8,11H,1-2,5-7,9H2,(H,17,18). The summed E-state index contributed by atoms with van der Waals surface area (Å²) < 4.78 is 5.30. The van der Waals surface area contributed by atoms with E-state index in [1.165, 1.54) is 0 Å². The van der Waals surface area contributed by atoms with E-state index in [1.54, 1.807) is 12.1 Å². The van der Waals surface area contributed by atoms with Crippen LogP contribution in [0, 0.1) is 5.92 Å². The number of rotatable bonds is 4. The van der Waals surface area contributed by atoms with Gasteiger partial charge in [-0.25, -0.2) is 0 Å². The molecule has 19 heavy (non-hydrogen) atoms.